The van der Waals surface area contributed by atoms with Crippen LogP contribution >= 0.6 is 0 Å². The zero-order valence-electron chi connectivity index (χ0n) is 13.0. The summed E-state index contributed by atoms with van der Waals surface area (Å²) in [6.07, 6.45) is -6.51. The van der Waals surface area contributed by atoms with Gasteiger partial charge in [0.25, 0.3) is 6.43 Å². The van der Waals surface area contributed by atoms with Crippen LogP contribution in [0.4, 0.5) is 22.0 Å². The van der Waals surface area contributed by atoms with Gasteiger partial charge in [0.2, 0.25) is 9.84 Å². The Morgan fingerprint density at radius 1 is 1.22 bits per heavy atom. The summed E-state index contributed by atoms with van der Waals surface area (Å²) < 4.78 is 96.9. The van der Waals surface area contributed by atoms with E-state index in [1.54, 1.807) is 6.07 Å². The van der Waals surface area contributed by atoms with Crippen molar-refractivity contribution in [3.05, 3.63) is 52.8 Å². The summed E-state index contributed by atoms with van der Waals surface area (Å²) >= 11 is 0. The Morgan fingerprint density at radius 3 is 2.48 bits per heavy atom. The maximum absolute atomic E-state index is 13.9. The first-order chi connectivity index (χ1) is 12.5. The predicted octanol–water partition coefficient (Wildman–Crippen LogP) is 3.84. The number of sulfone groups is 1. The Balaban J connectivity index is 2.20. The molecule has 1 unspecified atom stereocenters. The van der Waals surface area contributed by atoms with Gasteiger partial charge in [-0.2, -0.15) is 14.0 Å². The number of benzene rings is 2. The Morgan fingerprint density at radius 2 is 1.89 bits per heavy atom. The van der Waals surface area contributed by atoms with E-state index in [2.05, 4.69) is 0 Å². The SMILES string of the molecule is N#Cc1cc(F)cc(Oc2ccc3c(c2C(F)F)C(O)C(F)(F)S3(=O)=O)c1. The van der Waals surface area contributed by atoms with Gasteiger partial charge in [0.05, 0.1) is 22.1 Å². The van der Waals surface area contributed by atoms with Gasteiger partial charge in [-0.1, -0.05) is 0 Å². The molecule has 2 aromatic rings. The van der Waals surface area contributed by atoms with E-state index in [9.17, 15) is 35.5 Å². The summed E-state index contributed by atoms with van der Waals surface area (Å²) in [7, 11) is -5.37. The standard InChI is InChI=1S/C16H8F5NO4S/c17-8-3-7(6-22)4-9(5-8)26-10-1-2-11-13(12(10)15(18)19)14(23)16(20,21)27(11,24)25/h1-5,14-15,23H. The minimum absolute atomic E-state index is 0.195. The summed E-state index contributed by atoms with van der Waals surface area (Å²) in [5.41, 5.74) is -2.63. The number of hydrogen-bond donors (Lipinski definition) is 1. The highest BCUT2D eigenvalue weighted by Crippen LogP contribution is 2.53. The number of aliphatic hydroxyl groups is 1. The normalized spacial score (nSPS) is 19.6. The zero-order valence-corrected chi connectivity index (χ0v) is 13.8. The van der Waals surface area contributed by atoms with Crippen LogP contribution in [-0.2, 0) is 9.84 Å². The lowest BCUT2D eigenvalue weighted by Gasteiger charge is -2.16. The van der Waals surface area contributed by atoms with E-state index < -0.39 is 61.0 Å². The molecule has 0 spiro atoms. The molecule has 5 nitrogen and oxygen atoms in total. The second-order valence-electron chi connectivity index (χ2n) is 5.55. The van der Waals surface area contributed by atoms with Crippen molar-refractivity contribution < 1.29 is 40.2 Å². The van der Waals surface area contributed by atoms with Crippen molar-refractivity contribution in [1.82, 2.24) is 0 Å². The lowest BCUT2D eigenvalue weighted by Crippen LogP contribution is -2.28. The fourth-order valence-corrected chi connectivity index (χ4v) is 4.16. The number of hydrogen-bond acceptors (Lipinski definition) is 5. The summed E-state index contributed by atoms with van der Waals surface area (Å²) in [5.74, 6) is -2.07. The molecule has 27 heavy (non-hydrogen) atoms. The first-order valence-electron chi connectivity index (χ1n) is 7.14. The largest absolute Gasteiger partial charge is 0.457 e. The van der Waals surface area contributed by atoms with Crippen LogP contribution in [-0.4, -0.2) is 18.8 Å². The molecule has 11 heteroatoms. The summed E-state index contributed by atoms with van der Waals surface area (Å²) in [5, 5.41) is 13.8. The third kappa shape index (κ3) is 2.81. The van der Waals surface area contributed by atoms with Gasteiger partial charge in [0, 0.05) is 11.6 Å². The minimum atomic E-state index is -5.37. The zero-order chi connectivity index (χ0) is 20.1. The predicted molar refractivity (Wildman–Crippen MR) is 79.7 cm³/mol. The third-order valence-electron chi connectivity index (χ3n) is 3.89. The molecular formula is C16H8F5NO4S. The average molecular weight is 405 g/mol. The van der Waals surface area contributed by atoms with Crippen LogP contribution in [0.25, 0.3) is 0 Å². The van der Waals surface area contributed by atoms with Gasteiger partial charge in [-0.15, -0.1) is 0 Å². The molecule has 2 aromatic carbocycles. The fourth-order valence-electron chi connectivity index (χ4n) is 2.70. The molecule has 1 aliphatic heterocycles. The molecule has 1 heterocycles. The van der Waals surface area contributed by atoms with Crippen LogP contribution in [0.3, 0.4) is 0 Å². The van der Waals surface area contributed by atoms with Crippen molar-refractivity contribution in [3.63, 3.8) is 0 Å². The van der Waals surface area contributed by atoms with Gasteiger partial charge in [-0.25, -0.2) is 21.6 Å². The molecular weight excluding hydrogens is 397 g/mol. The van der Waals surface area contributed by atoms with Gasteiger partial charge in [0.1, 0.15) is 17.3 Å². The maximum Gasteiger partial charge on any atom is 0.379 e. The number of nitriles is 1. The molecule has 0 bridgehead atoms. The molecule has 0 saturated heterocycles. The molecule has 0 amide bonds. The van der Waals surface area contributed by atoms with Crippen LogP contribution in [0.1, 0.15) is 29.2 Å². The number of rotatable bonds is 3. The molecule has 0 saturated carbocycles. The third-order valence-corrected chi connectivity index (χ3v) is 5.77. The van der Waals surface area contributed by atoms with Crippen molar-refractivity contribution in [3.8, 4) is 17.6 Å². The molecule has 0 aliphatic carbocycles. The fraction of sp³-hybridized carbons (Fsp3) is 0.188. The monoisotopic (exact) mass is 405 g/mol. The first kappa shape index (κ1) is 19.1. The van der Waals surface area contributed by atoms with Crippen LogP contribution < -0.4 is 4.74 Å². The number of nitrogens with zero attached hydrogens (tertiary/aromatic N) is 1. The average Bonchev–Trinajstić information content (AvgIpc) is 2.71. The summed E-state index contributed by atoms with van der Waals surface area (Å²) in [6.45, 7) is 0. The quantitative estimate of drug-likeness (QED) is 0.784. The molecule has 1 N–H and O–H groups in total. The Labute approximate surface area is 149 Å². The Bertz CT molecular complexity index is 1080. The van der Waals surface area contributed by atoms with E-state index in [0.29, 0.717) is 12.1 Å². The molecule has 0 radical (unpaired) electrons. The highest BCUT2D eigenvalue weighted by atomic mass is 32.2. The smallest absolute Gasteiger partial charge is 0.379 e. The first-order valence-corrected chi connectivity index (χ1v) is 8.63. The highest BCUT2D eigenvalue weighted by molar-refractivity contribution is 7.92. The summed E-state index contributed by atoms with van der Waals surface area (Å²) in [4.78, 5) is -1.14. The Hall–Kier alpha value is -2.71. The van der Waals surface area contributed by atoms with E-state index in [4.69, 9.17) is 10.00 Å². The van der Waals surface area contributed by atoms with Crippen LogP contribution in [0.5, 0.6) is 11.5 Å². The molecule has 0 aromatic heterocycles. The topological polar surface area (TPSA) is 87.4 Å². The highest BCUT2D eigenvalue weighted by Gasteiger charge is 2.61. The molecule has 1 atom stereocenters. The second-order valence-corrected chi connectivity index (χ2v) is 7.54. The number of alkyl halides is 4. The van der Waals surface area contributed by atoms with Gasteiger partial charge in [0.15, 0.2) is 6.10 Å². The summed E-state index contributed by atoms with van der Waals surface area (Å²) in [6, 6.07) is 5.52. The lowest BCUT2D eigenvalue weighted by atomic mass is 10.0. The van der Waals surface area contributed by atoms with Crippen molar-refractivity contribution in [2.75, 3.05) is 0 Å². The second kappa shape index (κ2) is 6.17. The van der Waals surface area contributed by atoms with E-state index in [1.807, 2.05) is 0 Å². The van der Waals surface area contributed by atoms with E-state index in [-0.39, 0.29) is 5.56 Å². The number of fused-ring (bicyclic) bond motifs is 1. The van der Waals surface area contributed by atoms with Gasteiger partial charge in [-0.3, -0.25) is 0 Å². The van der Waals surface area contributed by atoms with Gasteiger partial charge in [-0.05, 0) is 24.3 Å². The van der Waals surface area contributed by atoms with Crippen LogP contribution in [0.2, 0.25) is 0 Å². The van der Waals surface area contributed by atoms with Crippen LogP contribution in [0.15, 0.2) is 35.2 Å². The molecule has 0 fully saturated rings. The minimum Gasteiger partial charge on any atom is -0.457 e. The van der Waals surface area contributed by atoms with Crippen molar-refractivity contribution >= 4 is 9.84 Å². The van der Waals surface area contributed by atoms with Gasteiger partial charge < -0.3 is 9.84 Å². The lowest BCUT2D eigenvalue weighted by molar-refractivity contribution is -0.0391. The van der Waals surface area contributed by atoms with Crippen molar-refractivity contribution in [2.45, 2.75) is 22.7 Å². The van der Waals surface area contributed by atoms with E-state index >= 15 is 0 Å². The van der Waals surface area contributed by atoms with Crippen LogP contribution in [0, 0.1) is 17.1 Å². The van der Waals surface area contributed by atoms with E-state index in [1.165, 1.54) is 0 Å². The van der Waals surface area contributed by atoms with Gasteiger partial charge >= 0.3 is 5.25 Å². The number of halogens is 5. The number of aliphatic hydroxyl groups excluding tert-OH is 1. The molecule has 1 aliphatic rings. The van der Waals surface area contributed by atoms with Crippen molar-refractivity contribution in [2.24, 2.45) is 0 Å². The number of ether oxygens (including phenoxy) is 1. The van der Waals surface area contributed by atoms with E-state index in [0.717, 1.165) is 18.2 Å². The van der Waals surface area contributed by atoms with Crippen molar-refractivity contribution in [1.29, 1.82) is 5.26 Å². The Kier molecular flexibility index (Phi) is 4.36. The molecule has 142 valence electrons. The maximum atomic E-state index is 13.9. The molecule has 3 rings (SSSR count).